The number of hydrogen-bond donors (Lipinski definition) is 1. The summed E-state index contributed by atoms with van der Waals surface area (Å²) in [4.78, 5) is 0. The second-order valence-corrected chi connectivity index (χ2v) is 7.01. The van der Waals surface area contributed by atoms with Gasteiger partial charge in [0.1, 0.15) is 0 Å². The Labute approximate surface area is 128 Å². The van der Waals surface area contributed by atoms with Crippen molar-refractivity contribution >= 4 is 0 Å². The van der Waals surface area contributed by atoms with Gasteiger partial charge in [0.25, 0.3) is 0 Å². The van der Waals surface area contributed by atoms with Crippen LogP contribution in [0.4, 0.5) is 0 Å². The van der Waals surface area contributed by atoms with Gasteiger partial charge in [0.15, 0.2) is 0 Å². The largest absolute Gasteiger partial charge is 0.310 e. The molecule has 1 N–H and O–H groups in total. The molecule has 1 aliphatic rings. The maximum absolute atomic E-state index is 3.68. The van der Waals surface area contributed by atoms with Gasteiger partial charge in [0, 0.05) is 6.04 Å². The highest BCUT2D eigenvalue weighted by atomic mass is 14.9. The summed E-state index contributed by atoms with van der Waals surface area (Å²) >= 11 is 0. The molecule has 1 fully saturated rings. The van der Waals surface area contributed by atoms with Crippen LogP contribution in [0.3, 0.4) is 0 Å². The summed E-state index contributed by atoms with van der Waals surface area (Å²) in [5.74, 6) is 0.851. The van der Waals surface area contributed by atoms with Crippen molar-refractivity contribution in [2.75, 3.05) is 6.54 Å². The van der Waals surface area contributed by atoms with Crippen molar-refractivity contribution in [1.82, 2.24) is 5.32 Å². The molecular weight excluding hydrogens is 254 g/mol. The van der Waals surface area contributed by atoms with Crippen LogP contribution in [0.25, 0.3) is 11.1 Å². The van der Waals surface area contributed by atoms with Crippen LogP contribution < -0.4 is 5.32 Å². The summed E-state index contributed by atoms with van der Waals surface area (Å²) < 4.78 is 0. The number of rotatable bonds is 5. The zero-order valence-electron chi connectivity index (χ0n) is 13.3. The molecule has 0 aromatic heterocycles. The topological polar surface area (TPSA) is 12.0 Å². The van der Waals surface area contributed by atoms with Crippen LogP contribution in [0.1, 0.15) is 38.8 Å². The SMILES string of the molecule is CC(NCC1CC1(C)C)c1ccc(-c2ccccc2)cc1. The Hall–Kier alpha value is -1.60. The average Bonchev–Trinajstić information content (AvgIpc) is 3.13. The Morgan fingerprint density at radius 2 is 1.57 bits per heavy atom. The van der Waals surface area contributed by atoms with Gasteiger partial charge in [0.05, 0.1) is 0 Å². The van der Waals surface area contributed by atoms with E-state index in [0.29, 0.717) is 11.5 Å². The monoisotopic (exact) mass is 279 g/mol. The molecule has 110 valence electrons. The highest BCUT2D eigenvalue weighted by molar-refractivity contribution is 5.63. The summed E-state index contributed by atoms with van der Waals surface area (Å²) in [5, 5.41) is 3.68. The molecule has 0 radical (unpaired) electrons. The Bertz CT molecular complexity index is 583. The molecule has 0 saturated heterocycles. The summed E-state index contributed by atoms with van der Waals surface area (Å²) in [6, 6.07) is 19.9. The molecule has 1 nitrogen and oxygen atoms in total. The van der Waals surface area contributed by atoms with Crippen molar-refractivity contribution < 1.29 is 0 Å². The van der Waals surface area contributed by atoms with Gasteiger partial charge in [-0.3, -0.25) is 0 Å². The van der Waals surface area contributed by atoms with Crippen LogP contribution in [-0.4, -0.2) is 6.54 Å². The van der Waals surface area contributed by atoms with Crippen LogP contribution in [-0.2, 0) is 0 Å². The van der Waals surface area contributed by atoms with E-state index in [0.717, 1.165) is 12.5 Å². The van der Waals surface area contributed by atoms with Crippen molar-refractivity contribution in [2.24, 2.45) is 11.3 Å². The lowest BCUT2D eigenvalue weighted by molar-refractivity contribution is 0.485. The van der Waals surface area contributed by atoms with Gasteiger partial charge in [0.2, 0.25) is 0 Å². The average molecular weight is 279 g/mol. The summed E-state index contributed by atoms with van der Waals surface area (Å²) in [6.45, 7) is 8.11. The fraction of sp³-hybridized carbons (Fsp3) is 0.400. The zero-order chi connectivity index (χ0) is 14.9. The third-order valence-corrected chi connectivity index (χ3v) is 4.91. The maximum atomic E-state index is 3.68. The Kier molecular flexibility index (Phi) is 3.86. The minimum absolute atomic E-state index is 0.422. The fourth-order valence-corrected chi connectivity index (χ4v) is 2.96. The minimum Gasteiger partial charge on any atom is -0.310 e. The van der Waals surface area contributed by atoms with Crippen LogP contribution in [0, 0.1) is 11.3 Å². The molecule has 1 aliphatic carbocycles. The van der Waals surface area contributed by atoms with E-state index < -0.39 is 0 Å². The standard InChI is InChI=1S/C20H25N/c1-15(21-14-19-13-20(19,2)3)16-9-11-18(12-10-16)17-7-5-4-6-8-17/h4-12,15,19,21H,13-14H2,1-3H3. The molecule has 2 unspecified atom stereocenters. The van der Waals surface area contributed by atoms with E-state index in [9.17, 15) is 0 Å². The highest BCUT2D eigenvalue weighted by Gasteiger charge is 2.44. The fourth-order valence-electron chi connectivity index (χ4n) is 2.96. The molecule has 1 heteroatoms. The second-order valence-electron chi connectivity index (χ2n) is 7.01. The molecule has 0 heterocycles. The van der Waals surface area contributed by atoms with E-state index in [4.69, 9.17) is 0 Å². The van der Waals surface area contributed by atoms with Crippen molar-refractivity contribution in [3.63, 3.8) is 0 Å². The predicted molar refractivity (Wildman–Crippen MR) is 90.2 cm³/mol. The number of benzene rings is 2. The molecular formula is C20H25N. The van der Waals surface area contributed by atoms with Gasteiger partial charge < -0.3 is 5.32 Å². The third-order valence-electron chi connectivity index (χ3n) is 4.91. The second kappa shape index (κ2) is 5.65. The maximum Gasteiger partial charge on any atom is 0.0291 e. The molecule has 0 amide bonds. The van der Waals surface area contributed by atoms with Crippen LogP contribution in [0.15, 0.2) is 54.6 Å². The van der Waals surface area contributed by atoms with Crippen molar-refractivity contribution in [3.8, 4) is 11.1 Å². The van der Waals surface area contributed by atoms with E-state index in [1.54, 1.807) is 0 Å². The van der Waals surface area contributed by atoms with Crippen LogP contribution in [0.5, 0.6) is 0 Å². The van der Waals surface area contributed by atoms with Gasteiger partial charge in [-0.05, 0) is 47.9 Å². The lowest BCUT2D eigenvalue weighted by atomic mass is 10.0. The summed E-state index contributed by atoms with van der Waals surface area (Å²) in [5.41, 5.74) is 4.50. The molecule has 2 aromatic carbocycles. The number of hydrogen-bond acceptors (Lipinski definition) is 1. The molecule has 3 rings (SSSR count). The molecule has 0 bridgehead atoms. The van der Waals surface area contributed by atoms with Crippen LogP contribution in [0.2, 0.25) is 0 Å². The molecule has 1 saturated carbocycles. The van der Waals surface area contributed by atoms with Gasteiger partial charge >= 0.3 is 0 Å². The first-order chi connectivity index (χ1) is 10.1. The lowest BCUT2D eigenvalue weighted by Crippen LogP contribution is -2.22. The normalized spacial score (nSPS) is 21.0. The summed E-state index contributed by atoms with van der Waals surface area (Å²) in [6.07, 6.45) is 1.36. The minimum atomic E-state index is 0.422. The molecule has 0 spiro atoms. The van der Waals surface area contributed by atoms with Gasteiger partial charge in [-0.1, -0.05) is 68.4 Å². The Morgan fingerprint density at radius 1 is 1.00 bits per heavy atom. The van der Waals surface area contributed by atoms with E-state index >= 15 is 0 Å². The predicted octanol–water partition coefficient (Wildman–Crippen LogP) is 5.05. The van der Waals surface area contributed by atoms with Crippen molar-refractivity contribution in [1.29, 1.82) is 0 Å². The van der Waals surface area contributed by atoms with Crippen LogP contribution >= 0.6 is 0 Å². The van der Waals surface area contributed by atoms with E-state index in [-0.39, 0.29) is 0 Å². The van der Waals surface area contributed by atoms with E-state index in [1.807, 2.05) is 0 Å². The van der Waals surface area contributed by atoms with Gasteiger partial charge in [-0.15, -0.1) is 0 Å². The van der Waals surface area contributed by atoms with Crippen molar-refractivity contribution in [2.45, 2.75) is 33.2 Å². The third kappa shape index (κ3) is 3.36. The zero-order valence-corrected chi connectivity index (χ0v) is 13.3. The first kappa shape index (κ1) is 14.3. The smallest absolute Gasteiger partial charge is 0.0291 e. The van der Waals surface area contributed by atoms with Gasteiger partial charge in [-0.25, -0.2) is 0 Å². The molecule has 21 heavy (non-hydrogen) atoms. The molecule has 2 atom stereocenters. The highest BCUT2D eigenvalue weighted by Crippen LogP contribution is 2.51. The number of nitrogens with one attached hydrogen (secondary N) is 1. The quantitative estimate of drug-likeness (QED) is 0.807. The summed E-state index contributed by atoms with van der Waals surface area (Å²) in [7, 11) is 0. The van der Waals surface area contributed by atoms with E-state index in [2.05, 4.69) is 80.7 Å². The molecule has 0 aliphatic heterocycles. The first-order valence-electron chi connectivity index (χ1n) is 7.95. The lowest BCUT2D eigenvalue weighted by Gasteiger charge is -2.15. The first-order valence-corrected chi connectivity index (χ1v) is 7.95. The Balaban J connectivity index is 1.61. The molecule has 2 aromatic rings. The van der Waals surface area contributed by atoms with E-state index in [1.165, 1.54) is 23.1 Å². The van der Waals surface area contributed by atoms with Gasteiger partial charge in [-0.2, -0.15) is 0 Å². The Morgan fingerprint density at radius 3 is 2.14 bits per heavy atom. The van der Waals surface area contributed by atoms with Crippen molar-refractivity contribution in [3.05, 3.63) is 60.2 Å².